The van der Waals surface area contributed by atoms with Crippen molar-refractivity contribution in [2.75, 3.05) is 0 Å². The highest BCUT2D eigenvalue weighted by Crippen LogP contribution is 2.17. The van der Waals surface area contributed by atoms with E-state index < -0.39 is 5.91 Å². The Labute approximate surface area is 142 Å². The fourth-order valence-electron chi connectivity index (χ4n) is 2.77. The smallest absolute Gasteiger partial charge is 0.291 e. The average Bonchev–Trinajstić information content (AvgIpc) is 2.56. The maximum Gasteiger partial charge on any atom is 0.291 e. The third-order valence-corrected chi connectivity index (χ3v) is 4.03. The van der Waals surface area contributed by atoms with Crippen LogP contribution in [0.4, 0.5) is 0 Å². The first-order chi connectivity index (χ1) is 11.6. The second-order valence-corrected chi connectivity index (χ2v) is 6.16. The molecule has 0 spiro atoms. The predicted octanol–water partition coefficient (Wildman–Crippen LogP) is 2.20. The van der Waals surface area contributed by atoms with E-state index in [4.69, 9.17) is 0 Å². The number of rotatable bonds is 5. The Balaban J connectivity index is 1.76. The molecule has 0 aromatic carbocycles. The predicted molar refractivity (Wildman–Crippen MR) is 91.5 cm³/mol. The van der Waals surface area contributed by atoms with Crippen LogP contribution in [0.15, 0.2) is 23.7 Å². The Morgan fingerprint density at radius 3 is 2.54 bits per heavy atom. The second-order valence-electron chi connectivity index (χ2n) is 6.16. The van der Waals surface area contributed by atoms with Gasteiger partial charge in [-0.2, -0.15) is 5.10 Å². The molecule has 0 radical (unpaired) electrons. The van der Waals surface area contributed by atoms with Crippen molar-refractivity contribution >= 4 is 17.5 Å². The molecule has 1 aliphatic carbocycles. The van der Waals surface area contributed by atoms with Crippen LogP contribution in [0.2, 0.25) is 0 Å². The number of nitrogens with one attached hydrogen (secondary N) is 2. The topological polar surface area (TPSA) is 96.3 Å². The van der Waals surface area contributed by atoms with Crippen LogP contribution in [0.25, 0.3) is 0 Å². The van der Waals surface area contributed by atoms with Gasteiger partial charge >= 0.3 is 0 Å². The zero-order valence-electron chi connectivity index (χ0n) is 14.1. The largest absolute Gasteiger partial charge is 0.353 e. The maximum absolute atomic E-state index is 12.1. The Hall–Kier alpha value is -2.31. The fourth-order valence-corrected chi connectivity index (χ4v) is 2.77. The molecule has 1 aromatic rings. The number of amides is 2. The van der Waals surface area contributed by atoms with Crippen molar-refractivity contribution in [3.63, 3.8) is 0 Å². The molecule has 2 amide bonds. The van der Waals surface area contributed by atoms with Crippen molar-refractivity contribution in [3.8, 4) is 0 Å². The van der Waals surface area contributed by atoms with E-state index in [1.807, 2.05) is 0 Å². The maximum atomic E-state index is 12.1. The first-order valence-electron chi connectivity index (χ1n) is 8.54. The zero-order chi connectivity index (χ0) is 17.2. The summed E-state index contributed by atoms with van der Waals surface area (Å²) in [5.74, 6) is -0.488. The number of hydrogen-bond acceptors (Lipinski definition) is 5. The summed E-state index contributed by atoms with van der Waals surface area (Å²) in [6, 6.07) is 0.264. The highest BCUT2D eigenvalue weighted by Gasteiger charge is 2.14. The van der Waals surface area contributed by atoms with Crippen molar-refractivity contribution in [2.45, 2.75) is 64.3 Å². The highest BCUT2D eigenvalue weighted by atomic mass is 16.2. The van der Waals surface area contributed by atoms with Gasteiger partial charge in [0.25, 0.3) is 5.91 Å². The third-order valence-electron chi connectivity index (χ3n) is 4.03. The van der Waals surface area contributed by atoms with E-state index in [0.29, 0.717) is 5.71 Å². The second kappa shape index (κ2) is 9.75. The van der Waals surface area contributed by atoms with Gasteiger partial charge in [0.2, 0.25) is 5.91 Å². The van der Waals surface area contributed by atoms with Gasteiger partial charge in [0.15, 0.2) is 0 Å². The van der Waals surface area contributed by atoms with Crippen LogP contribution in [0.3, 0.4) is 0 Å². The van der Waals surface area contributed by atoms with E-state index in [0.717, 1.165) is 12.8 Å². The van der Waals surface area contributed by atoms with Gasteiger partial charge in [0.05, 0.1) is 12.6 Å². The SMILES string of the molecule is C/C(CC(=O)NC1CCCCCCC1)=N\NC(=O)c1cnccn1. The van der Waals surface area contributed by atoms with Gasteiger partial charge in [-0.15, -0.1) is 0 Å². The van der Waals surface area contributed by atoms with Crippen molar-refractivity contribution < 1.29 is 9.59 Å². The summed E-state index contributed by atoms with van der Waals surface area (Å²) in [4.78, 5) is 31.6. The number of hydrazone groups is 1. The third kappa shape index (κ3) is 6.44. The lowest BCUT2D eigenvalue weighted by Gasteiger charge is -2.21. The Kier molecular flexibility index (Phi) is 7.32. The number of aromatic nitrogens is 2. The van der Waals surface area contributed by atoms with Crippen LogP contribution in [0.5, 0.6) is 0 Å². The lowest BCUT2D eigenvalue weighted by molar-refractivity contribution is -0.120. The molecule has 2 rings (SSSR count). The van der Waals surface area contributed by atoms with E-state index >= 15 is 0 Å². The van der Waals surface area contributed by atoms with E-state index in [1.54, 1.807) is 6.92 Å². The van der Waals surface area contributed by atoms with Crippen LogP contribution in [0.1, 0.15) is 68.8 Å². The Morgan fingerprint density at radius 1 is 1.17 bits per heavy atom. The molecule has 1 aromatic heterocycles. The molecule has 7 nitrogen and oxygen atoms in total. The summed E-state index contributed by atoms with van der Waals surface area (Å²) in [5, 5.41) is 7.04. The average molecular weight is 331 g/mol. The number of nitrogens with zero attached hydrogens (tertiary/aromatic N) is 3. The number of hydrogen-bond donors (Lipinski definition) is 2. The molecule has 7 heteroatoms. The van der Waals surface area contributed by atoms with Crippen molar-refractivity contribution in [1.29, 1.82) is 0 Å². The number of carbonyl (C=O) groups excluding carboxylic acids is 2. The van der Waals surface area contributed by atoms with Crippen molar-refractivity contribution in [1.82, 2.24) is 20.7 Å². The lowest BCUT2D eigenvalue weighted by Crippen LogP contribution is -2.36. The molecule has 0 unspecified atom stereocenters. The minimum absolute atomic E-state index is 0.0458. The van der Waals surface area contributed by atoms with Gasteiger partial charge in [-0.05, 0) is 19.8 Å². The molecule has 2 N–H and O–H groups in total. The highest BCUT2D eigenvalue weighted by molar-refractivity contribution is 6.00. The molecule has 0 saturated heterocycles. The van der Waals surface area contributed by atoms with Gasteiger partial charge in [0.1, 0.15) is 5.69 Å². The van der Waals surface area contributed by atoms with Crippen molar-refractivity contribution in [3.05, 3.63) is 24.3 Å². The molecule has 1 heterocycles. The minimum atomic E-state index is -0.442. The summed E-state index contributed by atoms with van der Waals surface area (Å²) < 4.78 is 0. The van der Waals surface area contributed by atoms with E-state index in [9.17, 15) is 9.59 Å². The Morgan fingerprint density at radius 2 is 1.88 bits per heavy atom. The molecular weight excluding hydrogens is 306 g/mol. The molecule has 130 valence electrons. The van der Waals surface area contributed by atoms with Gasteiger partial charge < -0.3 is 5.32 Å². The first-order valence-corrected chi connectivity index (χ1v) is 8.54. The monoisotopic (exact) mass is 331 g/mol. The van der Waals surface area contributed by atoms with Gasteiger partial charge in [0, 0.05) is 24.1 Å². The molecule has 1 aliphatic rings. The van der Waals surface area contributed by atoms with Gasteiger partial charge in [-0.3, -0.25) is 14.6 Å². The molecular formula is C17H25N5O2. The quantitative estimate of drug-likeness (QED) is 0.638. The van der Waals surface area contributed by atoms with Crippen LogP contribution in [-0.2, 0) is 4.79 Å². The van der Waals surface area contributed by atoms with Crippen LogP contribution < -0.4 is 10.7 Å². The Bertz CT molecular complexity index is 566. The molecule has 1 fully saturated rings. The molecule has 0 bridgehead atoms. The van der Waals surface area contributed by atoms with Gasteiger partial charge in [-0.25, -0.2) is 10.4 Å². The summed E-state index contributed by atoms with van der Waals surface area (Å²) in [6.07, 6.45) is 12.7. The molecule has 24 heavy (non-hydrogen) atoms. The van der Waals surface area contributed by atoms with E-state index in [-0.39, 0.29) is 24.1 Å². The molecule has 0 atom stereocenters. The first kappa shape index (κ1) is 18.0. The summed E-state index contributed by atoms with van der Waals surface area (Å²) >= 11 is 0. The lowest BCUT2D eigenvalue weighted by atomic mass is 9.96. The minimum Gasteiger partial charge on any atom is -0.353 e. The van der Waals surface area contributed by atoms with Crippen molar-refractivity contribution in [2.24, 2.45) is 5.10 Å². The molecule has 0 aliphatic heterocycles. The van der Waals surface area contributed by atoms with Crippen LogP contribution >= 0.6 is 0 Å². The van der Waals surface area contributed by atoms with Gasteiger partial charge in [-0.1, -0.05) is 32.1 Å². The number of carbonyl (C=O) groups is 2. The summed E-state index contributed by atoms with van der Waals surface area (Å²) in [6.45, 7) is 1.72. The zero-order valence-corrected chi connectivity index (χ0v) is 14.1. The standard InChI is InChI=1S/C17H25N5O2/c1-13(21-22-17(24)15-12-18-9-10-19-15)11-16(23)20-14-7-5-3-2-4-6-8-14/h9-10,12,14H,2-8,11H2,1H3,(H,20,23)(H,22,24)/b21-13+. The molecule has 1 saturated carbocycles. The van der Waals surface area contributed by atoms with E-state index in [1.165, 1.54) is 50.7 Å². The van der Waals surface area contributed by atoms with Crippen LogP contribution in [0, 0.1) is 0 Å². The summed E-state index contributed by atoms with van der Waals surface area (Å²) in [5.41, 5.74) is 3.13. The summed E-state index contributed by atoms with van der Waals surface area (Å²) in [7, 11) is 0. The normalized spacial score (nSPS) is 16.8. The fraction of sp³-hybridized carbons (Fsp3) is 0.588. The van der Waals surface area contributed by atoms with Crippen LogP contribution in [-0.4, -0.2) is 33.5 Å². The van der Waals surface area contributed by atoms with E-state index in [2.05, 4.69) is 25.8 Å².